The van der Waals surface area contributed by atoms with Gasteiger partial charge < -0.3 is 4.57 Å². The van der Waals surface area contributed by atoms with Crippen molar-refractivity contribution in [2.45, 2.75) is 0 Å². The number of nitrogens with zero attached hydrogens (tertiary/aromatic N) is 3. The molecule has 0 aliphatic rings. The van der Waals surface area contributed by atoms with Crippen LogP contribution in [0.4, 0.5) is 0 Å². The fraction of sp³-hybridized carbons (Fsp3) is 0. The van der Waals surface area contributed by atoms with Gasteiger partial charge in [0.25, 0.3) is 0 Å². The maximum Gasteiger partial charge on any atom is 0.160 e. The number of para-hydroxylation sites is 2. The number of thiophene rings is 1. The molecule has 0 N–H and O–H groups in total. The minimum atomic E-state index is 0.713. The Balaban J connectivity index is 1.08. The molecule has 0 atom stereocenters. The Morgan fingerprint density at radius 2 is 0.944 bits per heavy atom. The van der Waals surface area contributed by atoms with Crippen LogP contribution in [-0.2, 0) is 0 Å². The first kappa shape index (κ1) is 30.7. The average molecular weight is 706 g/mol. The van der Waals surface area contributed by atoms with Crippen LogP contribution < -0.4 is 0 Å². The Hall–Kier alpha value is -6.88. The molecule has 0 amide bonds. The van der Waals surface area contributed by atoms with Crippen LogP contribution in [0.2, 0.25) is 0 Å². The largest absolute Gasteiger partial charge is 0.309 e. The molecule has 3 nitrogen and oxygen atoms in total. The number of fused-ring (bicyclic) bond motifs is 7. The fourth-order valence-corrected chi connectivity index (χ4v) is 9.21. The molecule has 0 fully saturated rings. The summed E-state index contributed by atoms with van der Waals surface area (Å²) in [6.45, 7) is 0. The van der Waals surface area contributed by atoms with Crippen molar-refractivity contribution in [3.05, 3.63) is 188 Å². The minimum Gasteiger partial charge on any atom is -0.309 e. The summed E-state index contributed by atoms with van der Waals surface area (Å²) in [5.74, 6) is 0.713. The Labute approximate surface area is 316 Å². The molecule has 3 heterocycles. The lowest BCUT2D eigenvalue weighted by atomic mass is 9.93. The molecule has 8 aromatic carbocycles. The fourth-order valence-electron chi connectivity index (χ4n) is 8.12. The van der Waals surface area contributed by atoms with E-state index < -0.39 is 0 Å². The van der Waals surface area contributed by atoms with Gasteiger partial charge in [-0.05, 0) is 70.4 Å². The summed E-state index contributed by atoms with van der Waals surface area (Å²) in [5, 5.41) is 7.39. The molecule has 4 heteroatoms. The van der Waals surface area contributed by atoms with Gasteiger partial charge in [0, 0.05) is 53.3 Å². The van der Waals surface area contributed by atoms with Crippen LogP contribution in [0, 0.1) is 0 Å². The van der Waals surface area contributed by atoms with Crippen molar-refractivity contribution in [3.63, 3.8) is 0 Å². The van der Waals surface area contributed by atoms with Gasteiger partial charge in [0.2, 0.25) is 0 Å². The second-order valence-electron chi connectivity index (χ2n) is 13.8. The summed E-state index contributed by atoms with van der Waals surface area (Å²) in [6.07, 6.45) is 0. The quantitative estimate of drug-likeness (QED) is 0.178. The molecule has 0 aliphatic carbocycles. The highest BCUT2D eigenvalue weighted by Gasteiger charge is 2.17. The molecule has 11 rings (SSSR count). The molecule has 3 aromatic heterocycles. The van der Waals surface area contributed by atoms with Crippen molar-refractivity contribution in [1.29, 1.82) is 0 Å². The molecule has 0 spiro atoms. The molecule has 0 saturated heterocycles. The van der Waals surface area contributed by atoms with Gasteiger partial charge in [0.15, 0.2) is 5.82 Å². The standard InChI is InChI=1S/C50H31N3S/c1-2-13-32(14-3-1)50-51-44(34-25-28-49-43(30-34)42-21-8-11-24-48(42)54-49)31-45(52-50)39-27-26-36(37-17-4-5-18-38(37)39)33-15-12-16-35(29-33)53-46-22-9-6-19-40(46)41-20-7-10-23-47(41)53/h1-31H. The summed E-state index contributed by atoms with van der Waals surface area (Å²) in [4.78, 5) is 10.4. The molecule has 11 aromatic rings. The Morgan fingerprint density at radius 1 is 0.352 bits per heavy atom. The van der Waals surface area contributed by atoms with E-state index in [1.165, 1.54) is 58.5 Å². The van der Waals surface area contributed by atoms with Gasteiger partial charge in [-0.15, -0.1) is 11.3 Å². The predicted molar refractivity (Wildman–Crippen MR) is 229 cm³/mol. The zero-order valence-electron chi connectivity index (χ0n) is 29.1. The smallest absolute Gasteiger partial charge is 0.160 e. The second-order valence-corrected chi connectivity index (χ2v) is 14.8. The van der Waals surface area contributed by atoms with Crippen LogP contribution in [0.3, 0.4) is 0 Å². The van der Waals surface area contributed by atoms with Crippen LogP contribution in [0.1, 0.15) is 0 Å². The highest BCUT2D eigenvalue weighted by atomic mass is 32.1. The molecule has 0 radical (unpaired) electrons. The number of hydrogen-bond donors (Lipinski definition) is 0. The molecular weight excluding hydrogens is 675 g/mol. The van der Waals surface area contributed by atoms with Crippen LogP contribution in [-0.4, -0.2) is 14.5 Å². The average Bonchev–Trinajstić information content (AvgIpc) is 3.79. The van der Waals surface area contributed by atoms with E-state index in [1.807, 2.05) is 29.5 Å². The number of aromatic nitrogens is 3. The van der Waals surface area contributed by atoms with Crippen LogP contribution in [0.5, 0.6) is 0 Å². The molecule has 0 aliphatic heterocycles. The Morgan fingerprint density at radius 3 is 1.72 bits per heavy atom. The number of rotatable bonds is 5. The monoisotopic (exact) mass is 705 g/mol. The lowest BCUT2D eigenvalue weighted by Gasteiger charge is -2.15. The second kappa shape index (κ2) is 12.4. The van der Waals surface area contributed by atoms with E-state index in [4.69, 9.17) is 9.97 Å². The summed E-state index contributed by atoms with van der Waals surface area (Å²) < 4.78 is 4.96. The lowest BCUT2D eigenvalue weighted by molar-refractivity contribution is 1.18. The lowest BCUT2D eigenvalue weighted by Crippen LogP contribution is -1.97. The molecule has 0 unspecified atom stereocenters. The van der Waals surface area contributed by atoms with E-state index in [0.717, 1.165) is 39.2 Å². The van der Waals surface area contributed by atoms with Crippen molar-refractivity contribution >= 4 is 64.1 Å². The summed E-state index contributed by atoms with van der Waals surface area (Å²) >= 11 is 1.83. The maximum atomic E-state index is 5.25. The van der Waals surface area contributed by atoms with E-state index in [9.17, 15) is 0 Å². The van der Waals surface area contributed by atoms with Gasteiger partial charge in [-0.25, -0.2) is 9.97 Å². The number of benzene rings is 8. The van der Waals surface area contributed by atoms with Gasteiger partial charge in [-0.3, -0.25) is 0 Å². The van der Waals surface area contributed by atoms with Crippen LogP contribution in [0.25, 0.3) is 103 Å². The third kappa shape index (κ3) is 4.96. The zero-order chi connectivity index (χ0) is 35.6. The molecular formula is C50H31N3S. The summed E-state index contributed by atoms with van der Waals surface area (Å²) in [6, 6.07) is 67.3. The van der Waals surface area contributed by atoms with Crippen LogP contribution in [0.15, 0.2) is 188 Å². The van der Waals surface area contributed by atoms with E-state index in [-0.39, 0.29) is 0 Å². The Bertz CT molecular complexity index is 3170. The van der Waals surface area contributed by atoms with E-state index in [0.29, 0.717) is 5.82 Å². The first-order valence-corrected chi connectivity index (χ1v) is 19.1. The Kier molecular flexibility index (Phi) is 7.04. The topological polar surface area (TPSA) is 30.7 Å². The molecule has 0 bridgehead atoms. The first-order valence-electron chi connectivity index (χ1n) is 18.2. The summed E-state index contributed by atoms with van der Waals surface area (Å²) in [5.41, 5.74) is 10.9. The summed E-state index contributed by atoms with van der Waals surface area (Å²) in [7, 11) is 0. The first-order chi connectivity index (χ1) is 26.8. The molecule has 0 saturated carbocycles. The van der Waals surface area contributed by atoms with Crippen molar-refractivity contribution in [2.75, 3.05) is 0 Å². The number of hydrogen-bond acceptors (Lipinski definition) is 3. The van der Waals surface area contributed by atoms with E-state index in [1.54, 1.807) is 0 Å². The highest BCUT2D eigenvalue weighted by molar-refractivity contribution is 7.25. The predicted octanol–water partition coefficient (Wildman–Crippen LogP) is 13.8. The van der Waals surface area contributed by atoms with Crippen molar-refractivity contribution in [1.82, 2.24) is 14.5 Å². The van der Waals surface area contributed by atoms with Crippen molar-refractivity contribution in [3.8, 4) is 50.7 Å². The van der Waals surface area contributed by atoms with Gasteiger partial charge >= 0.3 is 0 Å². The van der Waals surface area contributed by atoms with Gasteiger partial charge in [0.05, 0.1) is 22.4 Å². The third-order valence-corrected chi connectivity index (χ3v) is 11.8. The zero-order valence-corrected chi connectivity index (χ0v) is 30.0. The SMILES string of the molecule is c1ccc(-c2nc(-c3ccc4sc5ccccc5c4c3)cc(-c3ccc(-c4cccc(-n5c6ccccc6c6ccccc65)c4)c4ccccc34)n2)cc1. The van der Waals surface area contributed by atoms with Crippen LogP contribution >= 0.6 is 11.3 Å². The van der Waals surface area contributed by atoms with Crippen molar-refractivity contribution < 1.29 is 0 Å². The van der Waals surface area contributed by atoms with Gasteiger partial charge in [-0.2, -0.15) is 0 Å². The van der Waals surface area contributed by atoms with Crippen molar-refractivity contribution in [2.24, 2.45) is 0 Å². The minimum absolute atomic E-state index is 0.713. The molecule has 252 valence electrons. The van der Waals surface area contributed by atoms with E-state index in [2.05, 4.69) is 174 Å². The highest BCUT2D eigenvalue weighted by Crippen LogP contribution is 2.40. The maximum absolute atomic E-state index is 5.25. The molecule has 54 heavy (non-hydrogen) atoms. The van der Waals surface area contributed by atoms with Gasteiger partial charge in [-0.1, -0.05) is 140 Å². The van der Waals surface area contributed by atoms with Gasteiger partial charge in [0.1, 0.15) is 0 Å². The van der Waals surface area contributed by atoms with E-state index >= 15 is 0 Å². The third-order valence-electron chi connectivity index (χ3n) is 10.6. The normalized spacial score (nSPS) is 11.7.